The Kier molecular flexibility index (Phi) is 8.11. The summed E-state index contributed by atoms with van der Waals surface area (Å²) in [6.07, 6.45) is 8.22. The minimum Gasteiger partial charge on any atom is -0.423 e. The molecule has 5 heteroatoms. The Morgan fingerprint density at radius 3 is 2.91 bits per heavy atom. The summed E-state index contributed by atoms with van der Waals surface area (Å²) in [5.41, 5.74) is 5.42. The molecule has 1 aliphatic rings. The van der Waals surface area contributed by atoms with Crippen molar-refractivity contribution in [2.75, 3.05) is 12.1 Å². The zero-order chi connectivity index (χ0) is 16.4. The Balaban J connectivity index is 0.00000116. The number of hydrogen-bond acceptors (Lipinski definition) is 4. The highest BCUT2D eigenvalue weighted by atomic mass is 16.6. The highest BCUT2D eigenvalue weighted by Crippen LogP contribution is 2.13. The van der Waals surface area contributed by atoms with Crippen molar-refractivity contribution in [3.63, 3.8) is 0 Å². The van der Waals surface area contributed by atoms with Gasteiger partial charge in [-0.3, -0.25) is 0 Å². The van der Waals surface area contributed by atoms with Crippen LogP contribution in [0.2, 0.25) is 0 Å². The maximum absolute atomic E-state index is 9.78. The van der Waals surface area contributed by atoms with E-state index in [9.17, 15) is 5.02 Å². The van der Waals surface area contributed by atoms with Gasteiger partial charge in [-0.15, -0.1) is 0 Å². The molecule has 4 nitrogen and oxygen atoms in total. The van der Waals surface area contributed by atoms with Crippen LogP contribution in [-0.2, 0) is 15.9 Å². The topological polar surface area (TPSA) is 50.7 Å². The van der Waals surface area contributed by atoms with E-state index in [0.717, 1.165) is 23.1 Å². The van der Waals surface area contributed by atoms with Crippen molar-refractivity contribution in [3.8, 4) is 0 Å². The van der Waals surface area contributed by atoms with Gasteiger partial charge in [0.2, 0.25) is 0 Å². The highest BCUT2D eigenvalue weighted by Gasteiger charge is 2.24. The summed E-state index contributed by atoms with van der Waals surface area (Å²) < 4.78 is 5.20. The minimum absolute atomic E-state index is 0.498. The highest BCUT2D eigenvalue weighted by molar-refractivity contribution is 6.61. The number of allylic oxidation sites excluding steroid dienone is 4. The van der Waals surface area contributed by atoms with Crippen LogP contribution in [-0.4, -0.2) is 18.7 Å². The molecule has 0 aliphatic carbocycles. The van der Waals surface area contributed by atoms with Crippen molar-refractivity contribution in [1.29, 1.82) is 0 Å². The largest absolute Gasteiger partial charge is 0.491 e. The van der Waals surface area contributed by atoms with Crippen LogP contribution >= 0.6 is 0 Å². The molecule has 0 amide bonds. The van der Waals surface area contributed by atoms with Crippen LogP contribution in [0.5, 0.6) is 0 Å². The van der Waals surface area contributed by atoms with Gasteiger partial charge in [0, 0.05) is 6.61 Å². The third-order valence-corrected chi connectivity index (χ3v) is 2.94. The molecule has 0 spiro atoms. The fourth-order valence-electron chi connectivity index (χ4n) is 1.92. The number of benzene rings is 1. The molecule has 22 heavy (non-hydrogen) atoms. The van der Waals surface area contributed by atoms with Gasteiger partial charge in [0.25, 0.3) is 0 Å². The standard InChI is InChI=1S/C15H18BNO3.C2H6/c1-3-4-5-6-12(2)20-17-14-8-7-13-9-10-19-16(18)15(13)11-14;1-2/h3-8,11,17-18H,2,9-10H2,1H3;1-2H3/b4-3-,6-5-;. The first-order valence-corrected chi connectivity index (χ1v) is 7.54. The quantitative estimate of drug-likeness (QED) is 0.380. The van der Waals surface area contributed by atoms with Gasteiger partial charge in [-0.05, 0) is 42.6 Å². The first-order valence-electron chi connectivity index (χ1n) is 7.54. The summed E-state index contributed by atoms with van der Waals surface area (Å²) in [5, 5.41) is 9.78. The number of nitrogens with one attached hydrogen (secondary N) is 1. The lowest BCUT2D eigenvalue weighted by atomic mass is 9.73. The number of fused-ring (bicyclic) bond motifs is 1. The second-order valence-electron chi connectivity index (χ2n) is 4.44. The van der Waals surface area contributed by atoms with E-state index in [1.165, 1.54) is 0 Å². The van der Waals surface area contributed by atoms with Crippen LogP contribution in [0.1, 0.15) is 26.3 Å². The molecule has 0 bridgehead atoms. The van der Waals surface area contributed by atoms with Crippen molar-refractivity contribution in [2.45, 2.75) is 27.2 Å². The maximum atomic E-state index is 9.78. The van der Waals surface area contributed by atoms with Crippen LogP contribution in [0.25, 0.3) is 0 Å². The molecule has 1 aromatic carbocycles. The average molecular weight is 301 g/mol. The normalized spacial score (nSPS) is 13.5. The van der Waals surface area contributed by atoms with Crippen molar-refractivity contribution >= 4 is 18.3 Å². The molecule has 0 fully saturated rings. The second kappa shape index (κ2) is 9.87. The summed E-state index contributed by atoms with van der Waals surface area (Å²) in [6.45, 7) is 10.2. The minimum atomic E-state index is -0.863. The molecule has 1 heterocycles. The summed E-state index contributed by atoms with van der Waals surface area (Å²) in [7, 11) is -0.863. The van der Waals surface area contributed by atoms with Crippen molar-refractivity contribution in [2.24, 2.45) is 0 Å². The molecule has 0 saturated carbocycles. The van der Waals surface area contributed by atoms with Gasteiger partial charge in [0.15, 0.2) is 0 Å². The average Bonchev–Trinajstić information content (AvgIpc) is 2.55. The van der Waals surface area contributed by atoms with Gasteiger partial charge in [-0.1, -0.05) is 44.7 Å². The number of rotatable bonds is 5. The predicted molar refractivity (Wildman–Crippen MR) is 92.9 cm³/mol. The van der Waals surface area contributed by atoms with Crippen molar-refractivity contribution in [3.05, 3.63) is 60.4 Å². The van der Waals surface area contributed by atoms with Crippen molar-refractivity contribution in [1.82, 2.24) is 0 Å². The van der Waals surface area contributed by atoms with Gasteiger partial charge >= 0.3 is 7.12 Å². The monoisotopic (exact) mass is 301 g/mol. The third-order valence-electron chi connectivity index (χ3n) is 2.94. The third kappa shape index (κ3) is 5.43. The molecular formula is C17H24BNO3. The number of hydrogen-bond donors (Lipinski definition) is 2. The maximum Gasteiger partial charge on any atom is 0.491 e. The number of anilines is 1. The van der Waals surface area contributed by atoms with Gasteiger partial charge in [0.1, 0.15) is 5.76 Å². The van der Waals surface area contributed by atoms with Gasteiger partial charge in [-0.25, -0.2) is 5.48 Å². The Bertz CT molecular complexity index is 541. The van der Waals surface area contributed by atoms with E-state index < -0.39 is 7.12 Å². The molecule has 2 N–H and O–H groups in total. The Morgan fingerprint density at radius 2 is 2.18 bits per heavy atom. The predicted octanol–water partition coefficient (Wildman–Crippen LogP) is 2.96. The lowest BCUT2D eigenvalue weighted by Crippen LogP contribution is -2.41. The molecule has 1 aliphatic heterocycles. The Hall–Kier alpha value is -1.98. The van der Waals surface area contributed by atoms with Gasteiger partial charge < -0.3 is 14.5 Å². The molecule has 1 aromatic rings. The van der Waals surface area contributed by atoms with Gasteiger partial charge in [-0.2, -0.15) is 0 Å². The van der Waals surface area contributed by atoms with Crippen molar-refractivity contribution < 1.29 is 14.5 Å². The molecule has 0 unspecified atom stereocenters. The summed E-state index contributed by atoms with van der Waals surface area (Å²) in [6, 6.07) is 5.69. The second-order valence-corrected chi connectivity index (χ2v) is 4.44. The lowest BCUT2D eigenvalue weighted by Gasteiger charge is -2.20. The van der Waals surface area contributed by atoms with E-state index in [-0.39, 0.29) is 0 Å². The summed E-state index contributed by atoms with van der Waals surface area (Å²) in [5.74, 6) is 0.498. The fourth-order valence-corrected chi connectivity index (χ4v) is 1.92. The Labute approximate surface area is 133 Å². The first-order chi connectivity index (χ1) is 10.7. The Morgan fingerprint density at radius 1 is 1.41 bits per heavy atom. The van der Waals surface area contributed by atoms with Crippen LogP contribution in [0.3, 0.4) is 0 Å². The van der Waals surface area contributed by atoms with Gasteiger partial charge in [0.05, 0.1) is 5.69 Å². The van der Waals surface area contributed by atoms with Crippen LogP contribution in [0.15, 0.2) is 54.8 Å². The van der Waals surface area contributed by atoms with E-state index >= 15 is 0 Å². The molecule has 118 valence electrons. The summed E-state index contributed by atoms with van der Waals surface area (Å²) in [4.78, 5) is 5.31. The molecule has 0 atom stereocenters. The fraction of sp³-hybridized carbons (Fsp3) is 0.294. The van der Waals surface area contributed by atoms with E-state index in [0.29, 0.717) is 12.4 Å². The SMILES string of the molecule is C=C(/C=C\C=C/C)ONc1ccc2c(c1)B(O)OCC2.CC. The molecule has 0 radical (unpaired) electrons. The molecule has 2 rings (SSSR count). The zero-order valence-electron chi connectivity index (χ0n) is 13.5. The zero-order valence-corrected chi connectivity index (χ0v) is 13.5. The summed E-state index contributed by atoms with van der Waals surface area (Å²) >= 11 is 0. The van der Waals surface area contributed by atoms with Crippen LogP contribution < -0.4 is 10.9 Å². The first kappa shape index (κ1) is 18.1. The van der Waals surface area contributed by atoms with Crippen LogP contribution in [0.4, 0.5) is 5.69 Å². The van der Waals surface area contributed by atoms with E-state index in [1.54, 1.807) is 6.08 Å². The molecule has 0 saturated heterocycles. The molecular weight excluding hydrogens is 277 g/mol. The smallest absolute Gasteiger partial charge is 0.423 e. The lowest BCUT2D eigenvalue weighted by molar-refractivity contribution is 0.266. The van der Waals surface area contributed by atoms with E-state index in [1.807, 2.05) is 57.2 Å². The molecule has 0 aromatic heterocycles. The van der Waals surface area contributed by atoms with E-state index in [4.69, 9.17) is 9.49 Å². The van der Waals surface area contributed by atoms with E-state index in [2.05, 4.69) is 12.1 Å². The van der Waals surface area contributed by atoms with Crippen LogP contribution in [0, 0.1) is 0 Å².